The maximum absolute atomic E-state index is 13.9. The number of carboxylic acid groups (broad SMARTS) is 1. The number of anilines is 4. The van der Waals surface area contributed by atoms with Crippen molar-refractivity contribution >= 4 is 260 Å². The topological polar surface area (TPSA) is 392 Å². The van der Waals surface area contributed by atoms with Gasteiger partial charge in [0, 0.05) is 87.8 Å². The van der Waals surface area contributed by atoms with Crippen molar-refractivity contribution in [2.24, 2.45) is 0 Å². The van der Waals surface area contributed by atoms with Crippen LogP contribution in [-0.2, 0) is 19.1 Å². The Hall–Kier alpha value is -9.50. The van der Waals surface area contributed by atoms with Crippen molar-refractivity contribution in [1.29, 1.82) is 0 Å². The summed E-state index contributed by atoms with van der Waals surface area (Å²) in [5.41, 5.74) is 6.33. The standard InChI is InChI=1S/C17H17B2Cl2FN3O5.C15H13B2Cl2FN3O5.C14H12B2Cl3FN3O3.C12H9Cl3FN3O.2C8H7Cl2FO.C4H6.C3H4.C2H2.4CH4/c1-4-29-17(27)12-7-13(16(24-23-12)25(18-8-26)19(3)28)30-9(2)14-10(20)5-6-11(22)15(14)21;1-7(12-8(18)3-4-9(20)13(12)19)28-11-5-10(15(25)26)21-22-14(11)23(16-6-24)17(2)27;1-7(12-8(17)3-4-9(20)13(12)19)26-10-5-11(18)21-22-14(10)23(15-6-24)16(2)25;1-5(10-6(13)2-3-7(16)11(10)15)20-8-4-9(14)18-19-12(8)17;2*1-4(12)7-5(9)2-3-6(11)8(7)10;1-3-4-2;1-3-2;1-2;;;;/h5-9,28H,4H2,1-3H3;3-7,27H,1-2H3,(H,25,26);3-7,25H,1-2H3;2-5H,1H3,(H2,17,19);2*2-4,12H,1H3;1-2H3;1H,2H3;1-2H;4*1H4/t9-;2*7-;5-;4-;;;;;;;;/m00000......../s1. The molecular weight excluding hydrogens is 2140 g/mol. The van der Waals surface area contributed by atoms with Gasteiger partial charge < -0.3 is 88.4 Å². The van der Waals surface area contributed by atoms with E-state index < -0.39 is 110 Å². The maximum atomic E-state index is 13.9. The number of carbonyl (C=O) groups excluding carboxylic acids is 4. The molecule has 0 saturated carbocycles. The van der Waals surface area contributed by atoms with Crippen LogP contribution in [0.4, 0.5) is 49.6 Å². The second kappa shape index (κ2) is 67.9. The number of nitrogens with two attached hydrogens (primary N) is 1. The normalized spacial score (nSPS) is 11.0. The van der Waals surface area contributed by atoms with E-state index in [1.54, 1.807) is 34.6 Å². The average molecular weight is 2240 g/mol. The van der Waals surface area contributed by atoms with Crippen LogP contribution in [0.5, 0.6) is 23.0 Å². The highest BCUT2D eigenvalue weighted by Gasteiger charge is 2.33. The summed E-state index contributed by atoms with van der Waals surface area (Å²) in [6, 6.07) is 20.0. The Balaban J connectivity index is -0.00000162. The third-order valence-corrected chi connectivity index (χ3v) is 21.3. The summed E-state index contributed by atoms with van der Waals surface area (Å²) in [5, 5.41) is 87.4. The summed E-state index contributed by atoms with van der Waals surface area (Å²) in [6.45, 7) is 20.5. The van der Waals surface area contributed by atoms with E-state index in [4.69, 9.17) is 197 Å². The van der Waals surface area contributed by atoms with E-state index in [0.717, 1.165) is 72.8 Å². The van der Waals surface area contributed by atoms with Crippen molar-refractivity contribution in [3.05, 3.63) is 247 Å². The predicted octanol–water partition coefficient (Wildman–Crippen LogP) is 24.0. The Morgan fingerprint density at radius 2 is 0.645 bits per heavy atom. The maximum Gasteiger partial charge on any atom is 0.397 e. The minimum atomic E-state index is -1.37. The summed E-state index contributed by atoms with van der Waals surface area (Å²) >= 11 is 82.4. The highest BCUT2D eigenvalue weighted by atomic mass is 35.5. The number of rotatable bonds is 29. The monoisotopic (exact) mass is 2230 g/mol. The van der Waals surface area contributed by atoms with Crippen molar-refractivity contribution in [2.45, 2.75) is 156 Å². The Bertz CT molecular complexity index is 5850. The molecule has 0 bridgehead atoms. The zero-order valence-corrected chi connectivity index (χ0v) is 84.2. The number of carboxylic acids is 1. The van der Waals surface area contributed by atoms with Crippen LogP contribution in [0.1, 0.15) is 190 Å². The first-order valence-corrected chi connectivity index (χ1v) is 43.8. The van der Waals surface area contributed by atoms with Crippen LogP contribution in [0, 0.1) is 71.9 Å². The zero-order chi connectivity index (χ0) is 104. The number of ether oxygens (including phenoxy) is 5. The average Bonchev–Trinajstić information content (AvgIpc) is 0.800. The van der Waals surface area contributed by atoms with Crippen LogP contribution in [0.3, 0.4) is 0 Å². The minimum absolute atomic E-state index is 0. The van der Waals surface area contributed by atoms with Crippen molar-refractivity contribution in [3.63, 3.8) is 0 Å². The highest BCUT2D eigenvalue weighted by molar-refractivity contribution is 6.84. The van der Waals surface area contributed by atoms with E-state index in [9.17, 15) is 75.6 Å². The van der Waals surface area contributed by atoms with E-state index in [1.165, 1.54) is 102 Å². The number of aromatic nitrogens is 8. The molecule has 10 aromatic rings. The van der Waals surface area contributed by atoms with Gasteiger partial charge in [-0.05, 0) is 163 Å². The third kappa shape index (κ3) is 40.9. The second-order valence-electron chi connectivity index (χ2n) is 26.3. The number of hydrogen-bond acceptors (Lipinski definition) is 27. The van der Waals surface area contributed by atoms with Gasteiger partial charge in [0.05, 0.1) is 49.0 Å². The number of terminal acetylenes is 2. The minimum Gasteiger partial charge on any atom is -0.482 e. The smallest absolute Gasteiger partial charge is 0.397 e. The van der Waals surface area contributed by atoms with E-state index >= 15 is 0 Å². The SMILES string of the molecule is C.C.C.C.C#C.C#CC.CB(O)N([B]C=O)c1nnc(C(=O)O)cc1O[C@@H](C)c1c(Cl)ccc(F)c1Cl.CB(O)N([B]C=O)c1nnc(Cl)cc1O[C@@H](C)c1c(Cl)ccc(F)c1Cl.CC#CC.CC(O)c1c(Cl)ccc(F)c1Cl.CCOC(=O)c1cc(O[C@@H](C)c2c(Cl)ccc(F)c2Cl)c(N([B]C=O)B(C)O)nn1.C[C@H](O)c1c(Cl)ccc(F)c1Cl.C[C@H](Oc1cc(Cl)nnc1N)c1c(Cl)ccc(F)c1Cl. The molecular formula is C87H93B6Cl14F6N12O16. The number of nitrogens with zero attached hydrogens (tertiary/aromatic N) is 11. The summed E-state index contributed by atoms with van der Waals surface area (Å²) in [4.78, 5) is 56.0. The van der Waals surface area contributed by atoms with Crippen LogP contribution >= 0.6 is 162 Å². The zero-order valence-electron chi connectivity index (χ0n) is 73.7. The lowest BCUT2D eigenvalue weighted by atomic mass is 9.73. The van der Waals surface area contributed by atoms with Crippen LogP contribution in [0.15, 0.2) is 97.1 Å². The summed E-state index contributed by atoms with van der Waals surface area (Å²) in [7, 11) is -0.462. The molecule has 0 spiro atoms. The molecule has 4 heterocycles. The molecule has 141 heavy (non-hydrogen) atoms. The van der Waals surface area contributed by atoms with Crippen molar-refractivity contribution < 1.29 is 104 Å². The van der Waals surface area contributed by atoms with E-state index in [2.05, 4.69) is 77.8 Å². The molecule has 0 aliphatic carbocycles. The van der Waals surface area contributed by atoms with Gasteiger partial charge in [0.1, 0.15) is 77.9 Å². The largest absolute Gasteiger partial charge is 0.482 e. The number of nitrogen functional groups attached to an aromatic ring is 1. The van der Waals surface area contributed by atoms with Gasteiger partial charge >= 0.3 is 55.3 Å². The van der Waals surface area contributed by atoms with Crippen molar-refractivity contribution in [1.82, 2.24) is 40.8 Å². The number of aliphatic hydroxyl groups is 2. The summed E-state index contributed by atoms with van der Waals surface area (Å²) < 4.78 is 112. The Morgan fingerprint density at radius 3 is 0.887 bits per heavy atom. The molecule has 28 nitrogen and oxygen atoms in total. The van der Waals surface area contributed by atoms with Crippen LogP contribution in [0.25, 0.3) is 0 Å². The van der Waals surface area contributed by atoms with Gasteiger partial charge in [0.25, 0.3) is 0 Å². The quantitative estimate of drug-likeness (QED) is 0.00572. The predicted molar refractivity (Wildman–Crippen MR) is 558 cm³/mol. The van der Waals surface area contributed by atoms with Gasteiger partial charge in [-0.15, -0.1) is 77.8 Å². The third-order valence-electron chi connectivity index (χ3n) is 16.7. The van der Waals surface area contributed by atoms with E-state index in [0.29, 0.717) is 24.1 Å². The molecule has 1 unspecified atom stereocenters. The van der Waals surface area contributed by atoms with Gasteiger partial charge in [0.15, 0.2) is 68.0 Å². The molecule has 54 heteroatoms. The first-order chi connectivity index (χ1) is 64.4. The highest BCUT2D eigenvalue weighted by Crippen LogP contribution is 2.44. The van der Waals surface area contributed by atoms with Gasteiger partial charge in [-0.25, -0.2) is 35.9 Å². The van der Waals surface area contributed by atoms with Gasteiger partial charge in [-0.3, -0.25) is 0 Å². The molecule has 6 atom stereocenters. The Morgan fingerprint density at radius 1 is 0.418 bits per heavy atom. The van der Waals surface area contributed by atoms with Crippen molar-refractivity contribution in [3.8, 4) is 60.0 Å². The molecule has 755 valence electrons. The number of aromatic carboxylic acids is 1. The molecule has 0 saturated heterocycles. The van der Waals surface area contributed by atoms with Crippen molar-refractivity contribution in [2.75, 3.05) is 26.5 Å². The molecule has 0 aliphatic rings. The fourth-order valence-corrected chi connectivity index (χ4v) is 14.9. The molecule has 3 radical (unpaired) electrons. The van der Waals surface area contributed by atoms with E-state index in [-0.39, 0.29) is 187 Å². The molecule has 0 aliphatic heterocycles. The fourth-order valence-electron chi connectivity index (χ4n) is 10.6. The molecule has 4 aromatic heterocycles. The lowest BCUT2D eigenvalue weighted by Crippen LogP contribution is -2.42. The van der Waals surface area contributed by atoms with Gasteiger partial charge in [0.2, 0.25) is 0 Å². The molecule has 10 rings (SSSR count). The molecule has 8 N–H and O–H groups in total. The lowest BCUT2D eigenvalue weighted by Gasteiger charge is -2.26. The number of esters is 1. The first-order valence-electron chi connectivity index (χ1n) is 38.5. The molecule has 6 aromatic carbocycles. The second-order valence-corrected chi connectivity index (χ2v) is 31.8. The number of halogens is 20. The van der Waals surface area contributed by atoms with Gasteiger partial charge in [-0.1, -0.05) is 192 Å². The lowest BCUT2D eigenvalue weighted by molar-refractivity contribution is 0.0516. The van der Waals surface area contributed by atoms with Gasteiger partial charge in [-0.2, -0.15) is 0 Å². The summed E-state index contributed by atoms with van der Waals surface area (Å²) in [5.74, 6) is 1.72. The van der Waals surface area contributed by atoms with Crippen LogP contribution < -0.4 is 38.8 Å². The summed E-state index contributed by atoms with van der Waals surface area (Å²) in [6.07, 6.45) is 8.90. The number of aliphatic hydroxyl groups excluding tert-OH is 2. The molecule has 0 fully saturated rings. The number of hydrogen-bond donors (Lipinski definition) is 7. The Labute approximate surface area is 887 Å². The molecule has 0 amide bonds. The van der Waals surface area contributed by atoms with Crippen LogP contribution in [0.2, 0.25) is 91.0 Å². The number of carbonyl (C=O) groups is 5. The fraction of sp³-hybridized carbons (Fsp3) is 0.276. The van der Waals surface area contributed by atoms with E-state index in [1.807, 2.05) is 13.8 Å². The Kier molecular flexibility index (Phi) is 65.3. The number of benzene rings is 6. The van der Waals surface area contributed by atoms with Crippen LogP contribution in [-0.4, -0.2) is 152 Å². The first kappa shape index (κ1) is 136.